The molecule has 0 spiro atoms. The van der Waals surface area contributed by atoms with Gasteiger partial charge in [0.2, 0.25) is 0 Å². The van der Waals surface area contributed by atoms with Crippen molar-refractivity contribution in [3.8, 4) is 0 Å². The fourth-order valence-electron chi connectivity index (χ4n) is 1.60. The van der Waals surface area contributed by atoms with Crippen LogP contribution in [0.5, 0.6) is 0 Å². The second-order valence-electron chi connectivity index (χ2n) is 4.66. The standard InChI is InChI=1S/C12H20F3N3/c1-10(2)16-6-4-3-5-7-18-9-11(8-17-18)12(13,14)15/h8-10,16H,3-7H2,1-2H3. The Bertz CT molecular complexity index is 345. The van der Waals surface area contributed by atoms with E-state index in [4.69, 9.17) is 0 Å². The summed E-state index contributed by atoms with van der Waals surface area (Å²) in [6.45, 7) is 5.66. The molecule has 0 amide bonds. The van der Waals surface area contributed by atoms with Crippen molar-refractivity contribution in [2.75, 3.05) is 6.54 Å². The summed E-state index contributed by atoms with van der Waals surface area (Å²) in [6.07, 6.45) is 0.511. The fraction of sp³-hybridized carbons (Fsp3) is 0.750. The molecule has 0 unspecified atom stereocenters. The lowest BCUT2D eigenvalue weighted by molar-refractivity contribution is -0.137. The van der Waals surface area contributed by atoms with Gasteiger partial charge in [0.25, 0.3) is 0 Å². The number of nitrogens with one attached hydrogen (secondary N) is 1. The van der Waals surface area contributed by atoms with Crippen molar-refractivity contribution in [2.24, 2.45) is 0 Å². The van der Waals surface area contributed by atoms with E-state index < -0.39 is 11.7 Å². The molecule has 0 radical (unpaired) electrons. The average Bonchev–Trinajstić information content (AvgIpc) is 2.71. The van der Waals surface area contributed by atoms with E-state index in [0.717, 1.165) is 38.2 Å². The van der Waals surface area contributed by atoms with Crippen LogP contribution in [0.15, 0.2) is 12.4 Å². The Kier molecular flexibility index (Phi) is 5.65. The fourth-order valence-corrected chi connectivity index (χ4v) is 1.60. The maximum atomic E-state index is 12.3. The summed E-state index contributed by atoms with van der Waals surface area (Å²) in [4.78, 5) is 0. The minimum atomic E-state index is -4.29. The van der Waals surface area contributed by atoms with E-state index >= 15 is 0 Å². The molecule has 0 aliphatic carbocycles. The molecule has 0 saturated heterocycles. The van der Waals surface area contributed by atoms with Crippen LogP contribution in [0, 0.1) is 0 Å². The third kappa shape index (κ3) is 5.53. The molecule has 1 rings (SSSR count). The van der Waals surface area contributed by atoms with Crippen LogP contribution in [-0.4, -0.2) is 22.4 Å². The topological polar surface area (TPSA) is 29.9 Å². The molecule has 3 nitrogen and oxygen atoms in total. The average molecular weight is 263 g/mol. The molecule has 6 heteroatoms. The molecular weight excluding hydrogens is 243 g/mol. The van der Waals surface area contributed by atoms with Gasteiger partial charge in [-0.05, 0) is 19.4 Å². The van der Waals surface area contributed by atoms with Gasteiger partial charge >= 0.3 is 6.18 Å². The Labute approximate surface area is 105 Å². The van der Waals surface area contributed by atoms with Crippen LogP contribution in [0.3, 0.4) is 0 Å². The molecule has 0 saturated carbocycles. The van der Waals surface area contributed by atoms with Crippen molar-refractivity contribution in [3.63, 3.8) is 0 Å². The first-order chi connectivity index (χ1) is 8.39. The summed E-state index contributed by atoms with van der Waals surface area (Å²) in [7, 11) is 0. The first-order valence-corrected chi connectivity index (χ1v) is 6.22. The second-order valence-corrected chi connectivity index (χ2v) is 4.66. The van der Waals surface area contributed by atoms with E-state index in [-0.39, 0.29) is 0 Å². The quantitative estimate of drug-likeness (QED) is 0.766. The first-order valence-electron chi connectivity index (χ1n) is 6.22. The lowest BCUT2D eigenvalue weighted by Crippen LogP contribution is -2.23. The van der Waals surface area contributed by atoms with Crippen LogP contribution in [0.2, 0.25) is 0 Å². The minimum Gasteiger partial charge on any atom is -0.315 e. The van der Waals surface area contributed by atoms with Crippen LogP contribution in [-0.2, 0) is 12.7 Å². The van der Waals surface area contributed by atoms with E-state index in [1.807, 2.05) is 0 Å². The van der Waals surface area contributed by atoms with Crippen molar-refractivity contribution in [3.05, 3.63) is 18.0 Å². The van der Waals surface area contributed by atoms with Crippen LogP contribution >= 0.6 is 0 Å². The highest BCUT2D eigenvalue weighted by atomic mass is 19.4. The molecule has 104 valence electrons. The summed E-state index contributed by atoms with van der Waals surface area (Å²) in [5.41, 5.74) is -0.677. The predicted octanol–water partition coefficient (Wildman–Crippen LogP) is 3.07. The Hall–Kier alpha value is -1.04. The number of hydrogen-bond donors (Lipinski definition) is 1. The molecule has 0 aliphatic heterocycles. The van der Waals surface area contributed by atoms with Crippen molar-refractivity contribution in [1.82, 2.24) is 15.1 Å². The SMILES string of the molecule is CC(C)NCCCCCn1cc(C(F)(F)F)cn1. The molecule has 0 atom stereocenters. The molecule has 0 bridgehead atoms. The monoisotopic (exact) mass is 263 g/mol. The smallest absolute Gasteiger partial charge is 0.315 e. The van der Waals surface area contributed by atoms with Gasteiger partial charge in [0.1, 0.15) is 0 Å². The van der Waals surface area contributed by atoms with Crippen molar-refractivity contribution in [1.29, 1.82) is 0 Å². The maximum absolute atomic E-state index is 12.3. The van der Waals surface area contributed by atoms with Gasteiger partial charge in [0, 0.05) is 18.8 Å². The highest BCUT2D eigenvalue weighted by molar-refractivity contribution is 5.08. The van der Waals surface area contributed by atoms with Gasteiger partial charge in [-0.25, -0.2) is 0 Å². The first kappa shape index (κ1) is 15.0. The summed E-state index contributed by atoms with van der Waals surface area (Å²) in [5.74, 6) is 0. The Morgan fingerprint density at radius 2 is 2.00 bits per heavy atom. The number of alkyl halides is 3. The zero-order valence-corrected chi connectivity index (χ0v) is 10.8. The van der Waals surface area contributed by atoms with Gasteiger partial charge in [-0.3, -0.25) is 4.68 Å². The number of nitrogens with zero attached hydrogens (tertiary/aromatic N) is 2. The number of halogens is 3. The van der Waals surface area contributed by atoms with Crippen LogP contribution in [0.1, 0.15) is 38.7 Å². The van der Waals surface area contributed by atoms with E-state index in [9.17, 15) is 13.2 Å². The molecule has 0 fully saturated rings. The molecule has 0 aromatic carbocycles. The van der Waals surface area contributed by atoms with E-state index in [2.05, 4.69) is 24.3 Å². The number of aryl methyl sites for hydroxylation is 1. The number of hydrogen-bond acceptors (Lipinski definition) is 2. The zero-order valence-electron chi connectivity index (χ0n) is 10.8. The lowest BCUT2D eigenvalue weighted by Gasteiger charge is -2.07. The summed E-state index contributed by atoms with van der Waals surface area (Å²) >= 11 is 0. The third-order valence-electron chi connectivity index (χ3n) is 2.58. The van der Waals surface area contributed by atoms with Crippen LogP contribution < -0.4 is 5.32 Å². The van der Waals surface area contributed by atoms with Gasteiger partial charge in [-0.1, -0.05) is 20.3 Å². The van der Waals surface area contributed by atoms with E-state index in [1.54, 1.807) is 0 Å². The van der Waals surface area contributed by atoms with E-state index in [1.165, 1.54) is 4.68 Å². The van der Waals surface area contributed by atoms with Gasteiger partial charge < -0.3 is 5.32 Å². The van der Waals surface area contributed by atoms with Crippen molar-refractivity contribution < 1.29 is 13.2 Å². The number of rotatable bonds is 7. The Morgan fingerprint density at radius 1 is 1.28 bits per heavy atom. The third-order valence-corrected chi connectivity index (χ3v) is 2.58. The molecule has 1 heterocycles. The van der Waals surface area contributed by atoms with E-state index in [0.29, 0.717) is 12.6 Å². The van der Waals surface area contributed by atoms with Crippen LogP contribution in [0.4, 0.5) is 13.2 Å². The minimum absolute atomic E-state index is 0.477. The highest BCUT2D eigenvalue weighted by Gasteiger charge is 2.31. The summed E-state index contributed by atoms with van der Waals surface area (Å²) in [5, 5.41) is 7.01. The molecule has 1 aromatic heterocycles. The van der Waals surface area contributed by atoms with Crippen LogP contribution in [0.25, 0.3) is 0 Å². The van der Waals surface area contributed by atoms with Gasteiger partial charge in [0.15, 0.2) is 0 Å². The molecule has 1 aromatic rings. The van der Waals surface area contributed by atoms with Gasteiger partial charge in [0.05, 0.1) is 11.8 Å². The lowest BCUT2D eigenvalue weighted by atomic mass is 10.2. The molecule has 1 N–H and O–H groups in total. The van der Waals surface area contributed by atoms with Crippen molar-refractivity contribution >= 4 is 0 Å². The molecular formula is C12H20F3N3. The Balaban J connectivity index is 2.18. The Morgan fingerprint density at radius 3 is 2.56 bits per heavy atom. The number of unbranched alkanes of at least 4 members (excludes halogenated alkanes) is 2. The predicted molar refractivity (Wildman–Crippen MR) is 64.2 cm³/mol. The normalized spacial score (nSPS) is 12.3. The molecule has 18 heavy (non-hydrogen) atoms. The summed E-state index contributed by atoms with van der Waals surface area (Å²) < 4.78 is 38.3. The van der Waals surface area contributed by atoms with Gasteiger partial charge in [-0.15, -0.1) is 0 Å². The van der Waals surface area contributed by atoms with Crippen molar-refractivity contribution in [2.45, 2.75) is 51.9 Å². The number of aromatic nitrogens is 2. The van der Waals surface area contributed by atoms with Gasteiger partial charge in [-0.2, -0.15) is 18.3 Å². The zero-order chi connectivity index (χ0) is 13.6. The second kappa shape index (κ2) is 6.78. The largest absolute Gasteiger partial charge is 0.419 e. The summed E-state index contributed by atoms with van der Waals surface area (Å²) in [6, 6.07) is 0.477. The molecule has 0 aliphatic rings. The highest BCUT2D eigenvalue weighted by Crippen LogP contribution is 2.28. The maximum Gasteiger partial charge on any atom is 0.419 e.